The minimum Gasteiger partial charge on any atom is -0.342 e. The van der Waals surface area contributed by atoms with E-state index in [2.05, 4.69) is 5.10 Å². The minimum absolute atomic E-state index is 0.112. The number of pyridine rings is 1. The molecule has 3 rings (SSSR count). The van der Waals surface area contributed by atoms with Gasteiger partial charge in [-0.15, -0.1) is 0 Å². The van der Waals surface area contributed by atoms with Gasteiger partial charge in [0.2, 0.25) is 0 Å². The van der Waals surface area contributed by atoms with Crippen LogP contribution in [0.1, 0.15) is 39.8 Å². The molecule has 0 aromatic carbocycles. The van der Waals surface area contributed by atoms with Crippen LogP contribution in [-0.2, 0) is 20.1 Å². The molecule has 1 aliphatic heterocycles. The van der Waals surface area contributed by atoms with Crippen LogP contribution in [-0.4, -0.2) is 56.1 Å². The molecule has 8 nitrogen and oxygen atoms in total. The summed E-state index contributed by atoms with van der Waals surface area (Å²) in [6.07, 6.45) is 3.90. The van der Waals surface area contributed by atoms with E-state index in [1.54, 1.807) is 53.1 Å². The molecule has 2 amide bonds. The molecule has 1 aliphatic rings. The second-order valence-electron chi connectivity index (χ2n) is 6.47. The van der Waals surface area contributed by atoms with Gasteiger partial charge < -0.3 is 14.4 Å². The monoisotopic (exact) mass is 357 g/mol. The first-order valence-corrected chi connectivity index (χ1v) is 8.69. The topological polar surface area (TPSA) is 80.4 Å². The maximum Gasteiger partial charge on any atom is 0.263 e. The summed E-state index contributed by atoms with van der Waals surface area (Å²) in [4.78, 5) is 41.0. The Morgan fingerprint density at radius 3 is 2.77 bits per heavy atom. The number of carbonyl (C=O) groups excluding carboxylic acids is 2. The molecular weight excluding hydrogens is 334 g/mol. The van der Waals surface area contributed by atoms with Gasteiger partial charge in [-0.2, -0.15) is 5.10 Å². The maximum absolute atomic E-state index is 12.9. The Morgan fingerprint density at radius 2 is 2.04 bits per heavy atom. The van der Waals surface area contributed by atoms with E-state index in [-0.39, 0.29) is 29.5 Å². The molecule has 2 aromatic heterocycles. The summed E-state index contributed by atoms with van der Waals surface area (Å²) in [5.41, 5.74) is 1.04. The minimum atomic E-state index is -0.322. The van der Waals surface area contributed by atoms with Gasteiger partial charge >= 0.3 is 0 Å². The lowest BCUT2D eigenvalue weighted by molar-refractivity contribution is 0.0734. The molecule has 0 saturated heterocycles. The first kappa shape index (κ1) is 17.9. The lowest BCUT2D eigenvalue weighted by Crippen LogP contribution is -2.36. The average molecular weight is 357 g/mol. The van der Waals surface area contributed by atoms with Crippen molar-refractivity contribution in [1.82, 2.24) is 24.1 Å². The third-order valence-electron chi connectivity index (χ3n) is 4.78. The van der Waals surface area contributed by atoms with Gasteiger partial charge in [0.05, 0.1) is 24.0 Å². The summed E-state index contributed by atoms with van der Waals surface area (Å²) in [6.45, 7) is 3.90. The zero-order valence-corrected chi connectivity index (χ0v) is 15.3. The Hall–Kier alpha value is -2.90. The molecule has 0 unspecified atom stereocenters. The first-order chi connectivity index (χ1) is 12.4. The Balaban J connectivity index is 1.93. The molecule has 26 heavy (non-hydrogen) atoms. The summed E-state index contributed by atoms with van der Waals surface area (Å²) in [6, 6.07) is 3.23. The Morgan fingerprint density at radius 1 is 1.27 bits per heavy atom. The molecule has 3 heterocycles. The zero-order chi connectivity index (χ0) is 18.8. The van der Waals surface area contributed by atoms with E-state index in [9.17, 15) is 14.4 Å². The number of rotatable bonds is 3. The van der Waals surface area contributed by atoms with E-state index in [1.165, 1.54) is 4.57 Å². The second kappa shape index (κ2) is 7.15. The van der Waals surface area contributed by atoms with Crippen molar-refractivity contribution in [2.24, 2.45) is 7.05 Å². The van der Waals surface area contributed by atoms with Crippen LogP contribution in [0.15, 0.2) is 29.3 Å². The van der Waals surface area contributed by atoms with Crippen molar-refractivity contribution in [2.45, 2.75) is 26.4 Å². The highest BCUT2D eigenvalue weighted by Crippen LogP contribution is 2.19. The fourth-order valence-corrected chi connectivity index (χ4v) is 3.07. The largest absolute Gasteiger partial charge is 0.342 e. The van der Waals surface area contributed by atoms with Gasteiger partial charge in [0.15, 0.2) is 0 Å². The van der Waals surface area contributed by atoms with E-state index in [4.69, 9.17) is 0 Å². The summed E-state index contributed by atoms with van der Waals surface area (Å²) in [5, 5.41) is 4.32. The quantitative estimate of drug-likeness (QED) is 0.811. The summed E-state index contributed by atoms with van der Waals surface area (Å²) in [7, 11) is 3.35. The number of hydrogen-bond donors (Lipinski definition) is 0. The van der Waals surface area contributed by atoms with E-state index in [0.717, 1.165) is 0 Å². The molecular formula is C18H23N5O3. The molecule has 0 aliphatic carbocycles. The van der Waals surface area contributed by atoms with E-state index < -0.39 is 0 Å². The van der Waals surface area contributed by atoms with Crippen molar-refractivity contribution in [3.05, 3.63) is 51.7 Å². The van der Waals surface area contributed by atoms with E-state index in [1.807, 2.05) is 6.92 Å². The van der Waals surface area contributed by atoms with Crippen LogP contribution in [0.4, 0.5) is 0 Å². The summed E-state index contributed by atoms with van der Waals surface area (Å²) in [5.74, 6) is -0.429. The predicted octanol–water partition coefficient (Wildman–Crippen LogP) is 0.720. The second-order valence-corrected chi connectivity index (χ2v) is 6.47. The molecule has 0 spiro atoms. The van der Waals surface area contributed by atoms with Crippen LogP contribution in [0, 0.1) is 0 Å². The van der Waals surface area contributed by atoms with Gasteiger partial charge in [-0.05, 0) is 25.5 Å². The van der Waals surface area contributed by atoms with Crippen LogP contribution >= 0.6 is 0 Å². The molecule has 0 radical (unpaired) electrons. The van der Waals surface area contributed by atoms with Crippen LogP contribution in [0.2, 0.25) is 0 Å². The van der Waals surface area contributed by atoms with Gasteiger partial charge in [0, 0.05) is 39.9 Å². The van der Waals surface area contributed by atoms with Gasteiger partial charge in [-0.1, -0.05) is 0 Å². The smallest absolute Gasteiger partial charge is 0.263 e. The van der Waals surface area contributed by atoms with Gasteiger partial charge in [0.1, 0.15) is 5.56 Å². The maximum atomic E-state index is 12.9. The zero-order valence-electron chi connectivity index (χ0n) is 15.3. The average Bonchev–Trinajstić information content (AvgIpc) is 2.91. The number of fused-ring (bicyclic) bond motifs is 1. The lowest BCUT2D eigenvalue weighted by Gasteiger charge is -2.21. The summed E-state index contributed by atoms with van der Waals surface area (Å²) >= 11 is 0. The van der Waals surface area contributed by atoms with Crippen molar-refractivity contribution in [3.63, 3.8) is 0 Å². The number of nitrogens with zero attached hydrogens (tertiary/aromatic N) is 5. The van der Waals surface area contributed by atoms with Crippen molar-refractivity contribution in [1.29, 1.82) is 0 Å². The molecule has 2 aromatic rings. The van der Waals surface area contributed by atoms with Crippen LogP contribution in [0.3, 0.4) is 0 Å². The Kier molecular flexibility index (Phi) is 4.92. The highest BCUT2D eigenvalue weighted by Gasteiger charge is 2.27. The SMILES string of the molecule is CCN(C)C(=O)c1cnn2c1CN(C(=O)c1cccn(C)c1=O)CCC2. The number of carbonyl (C=O) groups is 2. The molecule has 0 atom stereocenters. The lowest BCUT2D eigenvalue weighted by atomic mass is 10.2. The summed E-state index contributed by atoms with van der Waals surface area (Å²) < 4.78 is 3.17. The molecule has 0 saturated carbocycles. The molecule has 0 N–H and O–H groups in total. The third-order valence-corrected chi connectivity index (χ3v) is 4.78. The number of amides is 2. The van der Waals surface area contributed by atoms with Crippen LogP contribution in [0.5, 0.6) is 0 Å². The highest BCUT2D eigenvalue weighted by atomic mass is 16.2. The fourth-order valence-electron chi connectivity index (χ4n) is 3.07. The number of aromatic nitrogens is 3. The van der Waals surface area contributed by atoms with Crippen molar-refractivity contribution in [3.8, 4) is 0 Å². The van der Waals surface area contributed by atoms with Gasteiger partial charge in [0.25, 0.3) is 17.4 Å². The number of hydrogen-bond acceptors (Lipinski definition) is 4. The molecule has 8 heteroatoms. The normalized spacial score (nSPS) is 13.9. The van der Waals surface area contributed by atoms with Crippen molar-refractivity contribution >= 4 is 11.8 Å². The molecule has 0 fully saturated rings. The Labute approximate surface area is 151 Å². The van der Waals surface area contributed by atoms with Crippen molar-refractivity contribution < 1.29 is 9.59 Å². The van der Waals surface area contributed by atoms with Crippen LogP contribution in [0.25, 0.3) is 0 Å². The predicted molar refractivity (Wildman–Crippen MR) is 95.9 cm³/mol. The van der Waals surface area contributed by atoms with Crippen molar-refractivity contribution in [2.75, 3.05) is 20.1 Å². The Bertz CT molecular complexity index is 898. The first-order valence-electron chi connectivity index (χ1n) is 8.69. The molecule has 0 bridgehead atoms. The van der Waals surface area contributed by atoms with E-state index >= 15 is 0 Å². The van der Waals surface area contributed by atoms with Crippen LogP contribution < -0.4 is 5.56 Å². The number of aryl methyl sites for hydroxylation is 2. The van der Waals surface area contributed by atoms with Gasteiger partial charge in [-0.25, -0.2) is 0 Å². The van der Waals surface area contributed by atoms with E-state index in [0.29, 0.717) is 37.3 Å². The highest BCUT2D eigenvalue weighted by molar-refractivity contribution is 5.96. The third kappa shape index (κ3) is 3.14. The molecule has 138 valence electrons. The van der Waals surface area contributed by atoms with Gasteiger partial charge in [-0.3, -0.25) is 19.1 Å². The fraction of sp³-hybridized carbons (Fsp3) is 0.444. The standard InChI is InChI=1S/C18H23N5O3/c1-4-20(2)17(25)14-11-19-23-10-6-9-22(12-15(14)23)18(26)13-7-5-8-21(3)16(13)24/h5,7-8,11H,4,6,9-10,12H2,1-3H3.